The Balaban J connectivity index is 2.43. The Hall–Kier alpha value is -1.86. The van der Waals surface area contributed by atoms with Crippen molar-refractivity contribution in [2.24, 2.45) is 0 Å². The Morgan fingerprint density at radius 2 is 1.50 bits per heavy atom. The maximum atomic E-state index is 12.6. The molecule has 0 bridgehead atoms. The van der Waals surface area contributed by atoms with Crippen molar-refractivity contribution in [3.8, 4) is 11.1 Å². The average molecular weight is 301 g/mol. The highest BCUT2D eigenvalue weighted by Gasteiger charge is 2.30. The zero-order chi connectivity index (χ0) is 15.0. The summed E-state index contributed by atoms with van der Waals surface area (Å²) < 4.78 is 70.0. The molecule has 2 aromatic carbocycles. The fraction of sp³-hybridized carbons (Fsp3) is 0.0769. The minimum atomic E-state index is -4.56. The molecule has 0 saturated heterocycles. The van der Waals surface area contributed by atoms with Crippen molar-refractivity contribution in [3.05, 3.63) is 54.1 Å². The van der Waals surface area contributed by atoms with Crippen LogP contribution in [0.1, 0.15) is 5.56 Å². The van der Waals surface area contributed by atoms with Crippen LogP contribution >= 0.6 is 0 Å². The maximum Gasteiger partial charge on any atom is 0.416 e. The van der Waals surface area contributed by atoms with Crippen LogP contribution in [-0.2, 0) is 16.3 Å². The second kappa shape index (κ2) is 4.92. The Labute approximate surface area is 113 Å². The summed E-state index contributed by atoms with van der Waals surface area (Å²) in [5.74, 6) is 0. The van der Waals surface area contributed by atoms with Crippen LogP contribution in [0.5, 0.6) is 0 Å². The van der Waals surface area contributed by atoms with Crippen molar-refractivity contribution in [1.29, 1.82) is 0 Å². The van der Waals surface area contributed by atoms with E-state index < -0.39 is 26.8 Å². The van der Waals surface area contributed by atoms with Crippen LogP contribution in [0.2, 0.25) is 0 Å². The summed E-state index contributed by atoms with van der Waals surface area (Å²) in [7, 11) is -4.56. The molecule has 0 saturated carbocycles. The molecule has 7 heteroatoms. The summed E-state index contributed by atoms with van der Waals surface area (Å²) >= 11 is 0. The maximum absolute atomic E-state index is 12.6. The third kappa shape index (κ3) is 3.17. The molecule has 0 atom stereocenters. The van der Waals surface area contributed by atoms with Gasteiger partial charge in [0.25, 0.3) is 0 Å². The van der Waals surface area contributed by atoms with E-state index in [1.54, 1.807) is 0 Å². The van der Waals surface area contributed by atoms with E-state index in [9.17, 15) is 26.1 Å². The minimum absolute atomic E-state index is 0.287. The summed E-state index contributed by atoms with van der Waals surface area (Å²) in [6, 6.07) is 9.35. The van der Waals surface area contributed by atoms with E-state index in [2.05, 4.69) is 0 Å². The smallest absolute Gasteiger partial charge is 0.416 e. The lowest BCUT2D eigenvalue weighted by Gasteiger charge is -2.10. The van der Waals surface area contributed by atoms with Gasteiger partial charge in [-0.2, -0.15) is 13.2 Å². The number of alkyl halides is 3. The van der Waals surface area contributed by atoms with Gasteiger partial charge in [0.1, 0.15) is 10.1 Å². The highest BCUT2D eigenvalue weighted by molar-refractivity contribution is 7.85. The first kappa shape index (κ1) is 14.5. The molecule has 0 N–H and O–H groups in total. The number of benzene rings is 2. The van der Waals surface area contributed by atoms with Crippen LogP contribution in [0.3, 0.4) is 0 Å². The number of hydrogen-bond donors (Lipinski definition) is 0. The molecule has 0 amide bonds. The van der Waals surface area contributed by atoms with Crippen LogP contribution in [0.25, 0.3) is 11.1 Å². The van der Waals surface area contributed by atoms with E-state index in [4.69, 9.17) is 0 Å². The molecular weight excluding hydrogens is 293 g/mol. The standard InChI is InChI=1S/C13H9F3O3S/c14-13(15,16)11-3-1-2-10(8-11)9-4-6-12(7-5-9)20(17,18)19/h1-8H,(H,17,18,19)/p-1. The van der Waals surface area contributed by atoms with Gasteiger partial charge in [-0.05, 0) is 35.4 Å². The normalized spacial score (nSPS) is 12.4. The molecule has 0 aliphatic rings. The lowest BCUT2D eigenvalue weighted by Crippen LogP contribution is -2.04. The molecule has 0 heterocycles. The molecule has 2 rings (SSSR count). The van der Waals surface area contributed by atoms with E-state index in [1.807, 2.05) is 0 Å². The largest absolute Gasteiger partial charge is 0.744 e. The van der Waals surface area contributed by atoms with Gasteiger partial charge < -0.3 is 4.55 Å². The van der Waals surface area contributed by atoms with E-state index in [0.717, 1.165) is 24.3 Å². The second-order valence-corrected chi connectivity index (χ2v) is 5.44. The third-order valence-electron chi connectivity index (χ3n) is 2.67. The second-order valence-electron chi connectivity index (χ2n) is 4.06. The van der Waals surface area contributed by atoms with Gasteiger partial charge in [0.15, 0.2) is 0 Å². The predicted octanol–water partition coefficient (Wildman–Crippen LogP) is 3.28. The van der Waals surface area contributed by atoms with Gasteiger partial charge in [0, 0.05) is 0 Å². The van der Waals surface area contributed by atoms with Crippen LogP contribution < -0.4 is 0 Å². The van der Waals surface area contributed by atoms with E-state index in [-0.39, 0.29) is 5.56 Å². The van der Waals surface area contributed by atoms with Crippen LogP contribution in [0, 0.1) is 0 Å². The highest BCUT2D eigenvalue weighted by atomic mass is 32.2. The van der Waals surface area contributed by atoms with E-state index >= 15 is 0 Å². The van der Waals surface area contributed by atoms with Gasteiger partial charge in [-0.15, -0.1) is 0 Å². The highest BCUT2D eigenvalue weighted by Crippen LogP contribution is 2.32. The van der Waals surface area contributed by atoms with Crippen LogP contribution in [0.4, 0.5) is 13.2 Å². The summed E-state index contributed by atoms with van der Waals surface area (Å²) in [5.41, 5.74) is -0.117. The van der Waals surface area contributed by atoms with Gasteiger partial charge in [-0.3, -0.25) is 0 Å². The molecule has 3 nitrogen and oxygen atoms in total. The SMILES string of the molecule is O=S(=O)([O-])c1ccc(-c2cccc(C(F)(F)F)c2)cc1. The average Bonchev–Trinajstić information content (AvgIpc) is 2.37. The molecule has 2 aromatic rings. The van der Waals surface area contributed by atoms with E-state index in [0.29, 0.717) is 5.56 Å². The van der Waals surface area contributed by atoms with Crippen molar-refractivity contribution < 1.29 is 26.1 Å². The van der Waals surface area contributed by atoms with Crippen molar-refractivity contribution in [2.45, 2.75) is 11.1 Å². The monoisotopic (exact) mass is 301 g/mol. The molecule has 0 unspecified atom stereocenters. The molecule has 0 aliphatic carbocycles. The van der Waals surface area contributed by atoms with Gasteiger partial charge in [-0.25, -0.2) is 8.42 Å². The topological polar surface area (TPSA) is 57.2 Å². The van der Waals surface area contributed by atoms with E-state index in [1.165, 1.54) is 24.3 Å². The van der Waals surface area contributed by atoms with Gasteiger partial charge in [-0.1, -0.05) is 24.3 Å². The number of hydrogen-bond acceptors (Lipinski definition) is 3. The summed E-state index contributed by atoms with van der Waals surface area (Å²) in [5, 5.41) is 0. The quantitative estimate of drug-likeness (QED) is 0.800. The first-order chi connectivity index (χ1) is 9.18. The van der Waals surface area contributed by atoms with Crippen LogP contribution in [0.15, 0.2) is 53.4 Å². The Bertz CT molecular complexity index is 719. The lowest BCUT2D eigenvalue weighted by atomic mass is 10.0. The third-order valence-corrected chi connectivity index (χ3v) is 3.52. The summed E-state index contributed by atoms with van der Waals surface area (Å²) in [6.45, 7) is 0. The fourth-order valence-corrected chi connectivity index (χ4v) is 2.16. The van der Waals surface area contributed by atoms with Crippen molar-refractivity contribution in [2.75, 3.05) is 0 Å². The number of rotatable bonds is 2. The molecule has 20 heavy (non-hydrogen) atoms. The lowest BCUT2D eigenvalue weighted by molar-refractivity contribution is -0.137. The minimum Gasteiger partial charge on any atom is -0.744 e. The van der Waals surface area contributed by atoms with Crippen molar-refractivity contribution >= 4 is 10.1 Å². The summed E-state index contributed by atoms with van der Waals surface area (Å²) in [4.78, 5) is -0.423. The first-order valence-electron chi connectivity index (χ1n) is 5.41. The zero-order valence-corrected chi connectivity index (χ0v) is 10.7. The molecule has 106 valence electrons. The van der Waals surface area contributed by atoms with Gasteiger partial charge >= 0.3 is 6.18 Å². The van der Waals surface area contributed by atoms with Crippen molar-refractivity contribution in [3.63, 3.8) is 0 Å². The van der Waals surface area contributed by atoms with Gasteiger partial charge in [0.05, 0.1) is 10.5 Å². The molecule has 0 fully saturated rings. The predicted molar refractivity (Wildman–Crippen MR) is 64.8 cm³/mol. The molecular formula is C13H8F3O3S-. The Morgan fingerprint density at radius 3 is 2.00 bits per heavy atom. The summed E-state index contributed by atoms with van der Waals surface area (Å²) in [6.07, 6.45) is -4.45. The fourth-order valence-electron chi connectivity index (χ4n) is 1.69. The van der Waals surface area contributed by atoms with Crippen molar-refractivity contribution in [1.82, 2.24) is 0 Å². The molecule has 0 aliphatic heterocycles. The first-order valence-corrected chi connectivity index (χ1v) is 6.82. The van der Waals surface area contributed by atoms with Crippen LogP contribution in [-0.4, -0.2) is 13.0 Å². The molecule has 0 aromatic heterocycles. The Morgan fingerprint density at radius 1 is 0.900 bits per heavy atom. The Kier molecular flexibility index (Phi) is 3.58. The number of halogens is 3. The molecule has 0 spiro atoms. The zero-order valence-electron chi connectivity index (χ0n) is 9.89. The molecule has 0 radical (unpaired) electrons. The van der Waals surface area contributed by atoms with Gasteiger partial charge in [0.2, 0.25) is 0 Å².